The summed E-state index contributed by atoms with van der Waals surface area (Å²) in [7, 11) is 0. The molecule has 4 heterocycles. The van der Waals surface area contributed by atoms with E-state index in [0.29, 0.717) is 40.4 Å². The van der Waals surface area contributed by atoms with Crippen molar-refractivity contribution in [3.05, 3.63) is 83.0 Å². The SMILES string of the molecule is O=c1c2c(-c3ccccc3)n3ncnc3nc2ccn1Cc1ccc2c(c1)OCO2. The van der Waals surface area contributed by atoms with E-state index >= 15 is 0 Å². The smallest absolute Gasteiger partial charge is 0.262 e. The summed E-state index contributed by atoms with van der Waals surface area (Å²) < 4.78 is 14.1. The van der Waals surface area contributed by atoms with Crippen molar-refractivity contribution in [2.75, 3.05) is 6.79 Å². The predicted molar refractivity (Wildman–Crippen MR) is 110 cm³/mol. The van der Waals surface area contributed by atoms with Gasteiger partial charge in [0, 0.05) is 11.8 Å². The average Bonchev–Trinajstić information content (AvgIpc) is 3.43. The first-order chi connectivity index (χ1) is 14.8. The van der Waals surface area contributed by atoms with Gasteiger partial charge in [-0.25, -0.2) is 4.98 Å². The Balaban J connectivity index is 1.57. The molecule has 0 unspecified atom stereocenters. The van der Waals surface area contributed by atoms with Gasteiger partial charge in [-0.05, 0) is 23.8 Å². The number of hydrogen-bond acceptors (Lipinski definition) is 6. The molecule has 8 heteroatoms. The fourth-order valence-corrected chi connectivity index (χ4v) is 3.79. The fraction of sp³-hybridized carbons (Fsp3) is 0.0909. The highest BCUT2D eigenvalue weighted by atomic mass is 16.7. The zero-order chi connectivity index (χ0) is 20.1. The minimum atomic E-state index is -0.145. The van der Waals surface area contributed by atoms with Crippen LogP contribution >= 0.6 is 0 Å². The van der Waals surface area contributed by atoms with Crippen molar-refractivity contribution in [2.24, 2.45) is 0 Å². The van der Waals surface area contributed by atoms with E-state index in [2.05, 4.69) is 15.1 Å². The second kappa shape index (κ2) is 6.41. The highest BCUT2D eigenvalue weighted by Crippen LogP contribution is 2.32. The van der Waals surface area contributed by atoms with Crippen LogP contribution in [0.5, 0.6) is 11.5 Å². The monoisotopic (exact) mass is 397 g/mol. The second-order valence-corrected chi connectivity index (χ2v) is 6.99. The van der Waals surface area contributed by atoms with Crippen LogP contribution in [0.3, 0.4) is 0 Å². The van der Waals surface area contributed by atoms with Crippen molar-refractivity contribution < 1.29 is 9.47 Å². The van der Waals surface area contributed by atoms with Crippen LogP contribution in [0.1, 0.15) is 5.56 Å². The molecule has 0 atom stereocenters. The van der Waals surface area contributed by atoms with E-state index in [1.165, 1.54) is 6.33 Å². The predicted octanol–water partition coefficient (Wildman–Crippen LogP) is 2.88. The van der Waals surface area contributed by atoms with Crippen LogP contribution in [0.25, 0.3) is 27.9 Å². The van der Waals surface area contributed by atoms with Gasteiger partial charge in [-0.15, -0.1) is 0 Å². The maximum atomic E-state index is 13.5. The summed E-state index contributed by atoms with van der Waals surface area (Å²) in [5.41, 5.74) is 2.93. The summed E-state index contributed by atoms with van der Waals surface area (Å²) in [6.07, 6.45) is 3.20. The van der Waals surface area contributed by atoms with E-state index in [1.54, 1.807) is 15.3 Å². The molecule has 0 spiro atoms. The van der Waals surface area contributed by atoms with Gasteiger partial charge in [0.1, 0.15) is 6.33 Å². The lowest BCUT2D eigenvalue weighted by Crippen LogP contribution is -2.22. The third kappa shape index (κ3) is 2.54. The molecule has 8 nitrogen and oxygen atoms in total. The Morgan fingerprint density at radius 2 is 1.87 bits per heavy atom. The maximum Gasteiger partial charge on any atom is 0.262 e. The van der Waals surface area contributed by atoms with E-state index in [1.807, 2.05) is 54.6 Å². The van der Waals surface area contributed by atoms with E-state index < -0.39 is 0 Å². The quantitative estimate of drug-likeness (QED) is 0.466. The molecule has 2 aromatic carbocycles. The van der Waals surface area contributed by atoms with Crippen molar-refractivity contribution >= 4 is 16.7 Å². The van der Waals surface area contributed by atoms with E-state index in [-0.39, 0.29) is 12.4 Å². The molecule has 1 aliphatic rings. The lowest BCUT2D eigenvalue weighted by atomic mass is 10.1. The van der Waals surface area contributed by atoms with E-state index in [9.17, 15) is 4.79 Å². The van der Waals surface area contributed by atoms with Crippen LogP contribution in [-0.2, 0) is 6.54 Å². The van der Waals surface area contributed by atoms with Gasteiger partial charge in [0.25, 0.3) is 11.3 Å². The van der Waals surface area contributed by atoms with Crippen LogP contribution in [0.4, 0.5) is 0 Å². The number of nitrogens with zero attached hydrogens (tertiary/aromatic N) is 5. The molecule has 3 aromatic heterocycles. The zero-order valence-corrected chi connectivity index (χ0v) is 15.7. The third-order valence-corrected chi connectivity index (χ3v) is 5.18. The Hall–Kier alpha value is -4.20. The molecular formula is C22H15N5O3. The first-order valence-corrected chi connectivity index (χ1v) is 9.45. The fourth-order valence-electron chi connectivity index (χ4n) is 3.79. The highest BCUT2D eigenvalue weighted by Gasteiger charge is 2.18. The third-order valence-electron chi connectivity index (χ3n) is 5.18. The van der Waals surface area contributed by atoms with E-state index in [4.69, 9.17) is 9.47 Å². The second-order valence-electron chi connectivity index (χ2n) is 6.99. The van der Waals surface area contributed by atoms with Gasteiger partial charge < -0.3 is 14.0 Å². The molecule has 0 bridgehead atoms. The van der Waals surface area contributed by atoms with Crippen molar-refractivity contribution in [2.45, 2.75) is 6.54 Å². The van der Waals surface area contributed by atoms with Crippen LogP contribution in [0.15, 0.2) is 71.9 Å². The molecule has 5 aromatic rings. The Morgan fingerprint density at radius 3 is 2.77 bits per heavy atom. The van der Waals surface area contributed by atoms with Crippen molar-refractivity contribution in [3.63, 3.8) is 0 Å². The van der Waals surface area contributed by atoms with E-state index in [0.717, 1.165) is 11.1 Å². The number of aromatic nitrogens is 5. The average molecular weight is 397 g/mol. The molecule has 0 radical (unpaired) electrons. The first-order valence-electron chi connectivity index (χ1n) is 9.45. The summed E-state index contributed by atoms with van der Waals surface area (Å²) in [4.78, 5) is 22.3. The van der Waals surface area contributed by atoms with Crippen LogP contribution < -0.4 is 15.0 Å². The van der Waals surface area contributed by atoms with Gasteiger partial charge in [-0.2, -0.15) is 14.6 Å². The lowest BCUT2D eigenvalue weighted by Gasteiger charge is -2.12. The molecule has 0 saturated carbocycles. The van der Waals surface area contributed by atoms with Crippen molar-refractivity contribution in [1.82, 2.24) is 24.1 Å². The summed E-state index contributed by atoms with van der Waals surface area (Å²) >= 11 is 0. The number of rotatable bonds is 3. The molecule has 0 amide bonds. The molecule has 1 aliphatic heterocycles. The standard InChI is InChI=1S/C22H15N5O3/c28-21-19-16(8-9-26(21)11-14-6-7-17-18(10-14)30-13-29-17)25-22-23-12-24-27(22)20(19)15-4-2-1-3-5-15/h1-10,12H,11,13H2. The van der Waals surface area contributed by atoms with Gasteiger partial charge in [-0.1, -0.05) is 36.4 Å². The Kier molecular flexibility index (Phi) is 3.58. The van der Waals surface area contributed by atoms with Crippen LogP contribution in [0, 0.1) is 0 Å². The molecule has 6 rings (SSSR count). The summed E-state index contributed by atoms with van der Waals surface area (Å²) in [5, 5.41) is 4.81. The topological polar surface area (TPSA) is 83.5 Å². The van der Waals surface area contributed by atoms with Gasteiger partial charge in [0.05, 0.1) is 23.1 Å². The summed E-state index contributed by atoms with van der Waals surface area (Å²) in [6, 6.07) is 17.2. The molecule has 0 saturated heterocycles. The molecule has 146 valence electrons. The summed E-state index contributed by atoms with van der Waals surface area (Å²) in [5.74, 6) is 1.86. The first kappa shape index (κ1) is 16.7. The van der Waals surface area contributed by atoms with Crippen LogP contribution in [0.2, 0.25) is 0 Å². The number of hydrogen-bond donors (Lipinski definition) is 0. The Bertz CT molecular complexity index is 1470. The maximum absolute atomic E-state index is 13.5. The Morgan fingerprint density at radius 1 is 1.00 bits per heavy atom. The van der Waals surface area contributed by atoms with Crippen molar-refractivity contribution in [3.8, 4) is 22.8 Å². The Labute approximate surface area is 170 Å². The zero-order valence-electron chi connectivity index (χ0n) is 15.7. The highest BCUT2D eigenvalue weighted by molar-refractivity contribution is 5.93. The number of benzene rings is 2. The number of fused-ring (bicyclic) bond motifs is 3. The minimum Gasteiger partial charge on any atom is -0.454 e. The van der Waals surface area contributed by atoms with Crippen LogP contribution in [-0.4, -0.2) is 30.9 Å². The molecular weight excluding hydrogens is 382 g/mol. The van der Waals surface area contributed by atoms with Gasteiger partial charge >= 0.3 is 0 Å². The lowest BCUT2D eigenvalue weighted by molar-refractivity contribution is 0.174. The van der Waals surface area contributed by atoms with Gasteiger partial charge in [0.2, 0.25) is 6.79 Å². The molecule has 0 N–H and O–H groups in total. The molecule has 30 heavy (non-hydrogen) atoms. The minimum absolute atomic E-state index is 0.145. The van der Waals surface area contributed by atoms with Gasteiger partial charge in [0.15, 0.2) is 11.5 Å². The number of pyridine rings is 1. The molecule has 0 aliphatic carbocycles. The van der Waals surface area contributed by atoms with Crippen molar-refractivity contribution in [1.29, 1.82) is 0 Å². The summed E-state index contributed by atoms with van der Waals surface area (Å²) in [6.45, 7) is 0.615. The largest absolute Gasteiger partial charge is 0.454 e. The number of ether oxygens (including phenoxy) is 2. The normalized spacial score (nSPS) is 12.7. The van der Waals surface area contributed by atoms with Gasteiger partial charge in [-0.3, -0.25) is 4.79 Å². The molecule has 0 fully saturated rings.